The summed E-state index contributed by atoms with van der Waals surface area (Å²) in [5.74, 6) is -0.0930. The second-order valence-electron chi connectivity index (χ2n) is 6.24. The van der Waals surface area contributed by atoms with Crippen molar-refractivity contribution in [2.45, 2.75) is 45.3 Å². The topological polar surface area (TPSA) is 68.7 Å². The number of hydrogen-bond donors (Lipinski definition) is 0. The molecule has 1 aromatic rings. The third-order valence-electron chi connectivity index (χ3n) is 3.21. The number of rotatable bonds is 4. The van der Waals surface area contributed by atoms with E-state index in [2.05, 4.69) is 4.98 Å². The summed E-state index contributed by atoms with van der Waals surface area (Å²) in [4.78, 5) is 29.4. The normalized spacial score (nSPS) is 16.6. The van der Waals surface area contributed by atoms with E-state index in [1.165, 1.54) is 11.3 Å². The van der Waals surface area contributed by atoms with Gasteiger partial charge in [-0.2, -0.15) is 0 Å². The lowest BCUT2D eigenvalue weighted by molar-refractivity contribution is -0.00843. The van der Waals surface area contributed by atoms with Gasteiger partial charge in [0.15, 0.2) is 5.01 Å². The molecule has 0 aliphatic carbocycles. The Morgan fingerprint density at radius 3 is 2.59 bits per heavy atom. The molecule has 0 radical (unpaired) electrons. The Kier molecular flexibility index (Phi) is 5.52. The van der Waals surface area contributed by atoms with Crippen LogP contribution in [0.2, 0.25) is 0 Å². The van der Waals surface area contributed by atoms with Crippen LogP contribution in [0.1, 0.15) is 43.4 Å². The van der Waals surface area contributed by atoms with Crippen LogP contribution in [0, 0.1) is 0 Å². The Bertz CT molecular complexity index is 502. The van der Waals surface area contributed by atoms with Crippen molar-refractivity contribution in [2.75, 3.05) is 19.7 Å². The predicted octanol–water partition coefficient (Wildman–Crippen LogP) is 2.74. The minimum atomic E-state index is -0.482. The van der Waals surface area contributed by atoms with Gasteiger partial charge in [0.25, 0.3) is 0 Å². The molecular weight excluding hydrogens is 304 g/mol. The van der Waals surface area contributed by atoms with Gasteiger partial charge in [-0.1, -0.05) is 0 Å². The van der Waals surface area contributed by atoms with E-state index >= 15 is 0 Å². The van der Waals surface area contributed by atoms with Crippen molar-refractivity contribution < 1.29 is 19.1 Å². The smallest absolute Gasteiger partial charge is 0.410 e. The van der Waals surface area contributed by atoms with Crippen molar-refractivity contribution in [3.63, 3.8) is 0 Å². The number of hydrogen-bond acceptors (Lipinski definition) is 6. The summed E-state index contributed by atoms with van der Waals surface area (Å²) in [5.41, 5.74) is -0.482. The van der Waals surface area contributed by atoms with E-state index in [1.54, 1.807) is 16.5 Å². The van der Waals surface area contributed by atoms with Crippen molar-refractivity contribution >= 4 is 23.2 Å². The molecule has 122 valence electrons. The van der Waals surface area contributed by atoms with Gasteiger partial charge in [-0.05, 0) is 33.6 Å². The number of thiazole rings is 1. The molecule has 0 saturated carbocycles. The molecule has 1 aliphatic rings. The van der Waals surface area contributed by atoms with E-state index in [1.807, 2.05) is 20.8 Å². The maximum absolute atomic E-state index is 11.9. The second kappa shape index (κ2) is 7.19. The van der Waals surface area contributed by atoms with Crippen LogP contribution < -0.4 is 0 Å². The lowest BCUT2D eigenvalue weighted by Gasteiger charge is -2.33. The largest absolute Gasteiger partial charge is 0.444 e. The first kappa shape index (κ1) is 16.9. The Morgan fingerprint density at radius 2 is 2.05 bits per heavy atom. The lowest BCUT2D eigenvalue weighted by atomic mass is 10.1. The molecule has 1 saturated heterocycles. The summed E-state index contributed by atoms with van der Waals surface area (Å²) in [6.07, 6.45) is 2.75. The molecule has 0 aromatic carbocycles. The Morgan fingerprint density at radius 1 is 1.36 bits per heavy atom. The average molecular weight is 326 g/mol. The van der Waals surface area contributed by atoms with E-state index in [-0.39, 0.29) is 24.6 Å². The Hall–Kier alpha value is -1.47. The number of carbonyl (C=O) groups excluding carboxylic acids is 2. The van der Waals surface area contributed by atoms with E-state index in [4.69, 9.17) is 9.47 Å². The van der Waals surface area contributed by atoms with Crippen molar-refractivity contribution in [2.24, 2.45) is 0 Å². The van der Waals surface area contributed by atoms with Crippen LogP contribution in [-0.2, 0) is 9.47 Å². The molecule has 7 heteroatoms. The van der Waals surface area contributed by atoms with Gasteiger partial charge < -0.3 is 14.4 Å². The predicted molar refractivity (Wildman–Crippen MR) is 83.2 cm³/mol. The fourth-order valence-corrected chi connectivity index (χ4v) is 2.71. The van der Waals surface area contributed by atoms with Gasteiger partial charge in [0, 0.05) is 24.7 Å². The molecule has 1 fully saturated rings. The minimum absolute atomic E-state index is 0.00241. The molecule has 1 amide bonds. The first-order valence-electron chi connectivity index (χ1n) is 7.37. The van der Waals surface area contributed by atoms with Crippen LogP contribution in [0.25, 0.3) is 0 Å². The van der Waals surface area contributed by atoms with E-state index < -0.39 is 5.60 Å². The first-order valence-corrected chi connectivity index (χ1v) is 8.25. The van der Waals surface area contributed by atoms with Gasteiger partial charge >= 0.3 is 6.09 Å². The highest BCUT2D eigenvalue weighted by Crippen LogP contribution is 2.17. The number of nitrogens with zero attached hydrogens (tertiary/aromatic N) is 2. The number of ketones is 1. The van der Waals surface area contributed by atoms with Crippen molar-refractivity contribution in [3.8, 4) is 0 Å². The highest BCUT2D eigenvalue weighted by molar-refractivity contribution is 7.11. The molecule has 6 nitrogen and oxygen atoms in total. The molecule has 0 atom stereocenters. The molecule has 0 unspecified atom stereocenters. The number of carbonyl (C=O) groups is 2. The number of piperidine rings is 1. The van der Waals surface area contributed by atoms with E-state index in [0.717, 1.165) is 0 Å². The average Bonchev–Trinajstić information content (AvgIpc) is 2.97. The number of aromatic nitrogens is 1. The lowest BCUT2D eigenvalue weighted by Crippen LogP contribution is -2.43. The van der Waals surface area contributed by atoms with Gasteiger partial charge in [0.2, 0.25) is 5.78 Å². The highest BCUT2D eigenvalue weighted by Gasteiger charge is 2.27. The van der Waals surface area contributed by atoms with Crippen LogP contribution >= 0.6 is 11.3 Å². The molecule has 1 aliphatic heterocycles. The van der Waals surface area contributed by atoms with E-state index in [9.17, 15) is 9.59 Å². The van der Waals surface area contributed by atoms with Crippen LogP contribution in [0.4, 0.5) is 4.79 Å². The minimum Gasteiger partial charge on any atom is -0.444 e. The van der Waals surface area contributed by atoms with Crippen LogP contribution in [0.15, 0.2) is 11.6 Å². The number of ether oxygens (including phenoxy) is 2. The molecule has 2 heterocycles. The molecular formula is C15H22N2O4S. The zero-order chi connectivity index (χ0) is 16.2. The Labute approximate surface area is 134 Å². The third-order valence-corrected chi connectivity index (χ3v) is 4.03. The number of likely N-dealkylation sites (tertiary alicyclic amines) is 1. The van der Waals surface area contributed by atoms with Gasteiger partial charge in [-0.25, -0.2) is 9.78 Å². The summed E-state index contributed by atoms with van der Waals surface area (Å²) in [6, 6.07) is 0. The zero-order valence-electron chi connectivity index (χ0n) is 13.2. The maximum Gasteiger partial charge on any atom is 0.410 e. The molecule has 0 N–H and O–H groups in total. The van der Waals surface area contributed by atoms with E-state index in [0.29, 0.717) is 30.9 Å². The molecule has 2 rings (SSSR count). The van der Waals surface area contributed by atoms with Crippen molar-refractivity contribution in [1.82, 2.24) is 9.88 Å². The molecule has 1 aromatic heterocycles. The van der Waals surface area contributed by atoms with Crippen LogP contribution in [-0.4, -0.2) is 53.2 Å². The number of amides is 1. The summed E-state index contributed by atoms with van der Waals surface area (Å²) in [5, 5.41) is 2.25. The molecule has 22 heavy (non-hydrogen) atoms. The van der Waals surface area contributed by atoms with Gasteiger partial charge in [0.1, 0.15) is 12.2 Å². The first-order chi connectivity index (χ1) is 10.3. The fraction of sp³-hybridized carbons (Fsp3) is 0.667. The van der Waals surface area contributed by atoms with Crippen LogP contribution in [0.5, 0.6) is 0 Å². The zero-order valence-corrected chi connectivity index (χ0v) is 14.0. The SMILES string of the molecule is CC(C)(C)OC(=O)N1CCC(OCC(=O)c2nccs2)CC1. The summed E-state index contributed by atoms with van der Waals surface area (Å²) >= 11 is 1.32. The summed E-state index contributed by atoms with van der Waals surface area (Å²) < 4.78 is 11.0. The monoisotopic (exact) mass is 326 g/mol. The maximum atomic E-state index is 11.9. The van der Waals surface area contributed by atoms with Crippen LogP contribution in [0.3, 0.4) is 0 Å². The fourth-order valence-electron chi connectivity index (χ4n) is 2.15. The number of Topliss-reactive ketones (excluding diaryl/α,β-unsaturated/α-hetero) is 1. The summed E-state index contributed by atoms with van der Waals surface area (Å²) in [7, 11) is 0. The van der Waals surface area contributed by atoms with Crippen molar-refractivity contribution in [3.05, 3.63) is 16.6 Å². The van der Waals surface area contributed by atoms with Gasteiger partial charge in [0.05, 0.1) is 6.10 Å². The van der Waals surface area contributed by atoms with Gasteiger partial charge in [-0.15, -0.1) is 11.3 Å². The summed E-state index contributed by atoms with van der Waals surface area (Å²) in [6.45, 7) is 6.78. The molecule has 0 spiro atoms. The van der Waals surface area contributed by atoms with Crippen molar-refractivity contribution in [1.29, 1.82) is 0 Å². The molecule has 0 bridgehead atoms. The highest BCUT2D eigenvalue weighted by atomic mass is 32.1. The standard InChI is InChI=1S/C15H22N2O4S/c1-15(2,3)21-14(19)17-7-4-11(5-8-17)20-10-12(18)13-16-6-9-22-13/h6,9,11H,4-5,7-8,10H2,1-3H3. The third kappa shape index (κ3) is 5.06. The Balaban J connectivity index is 1.71. The quantitative estimate of drug-likeness (QED) is 0.796. The second-order valence-corrected chi connectivity index (χ2v) is 7.13. The van der Waals surface area contributed by atoms with Gasteiger partial charge in [-0.3, -0.25) is 4.79 Å².